The zero-order chi connectivity index (χ0) is 15.1. The number of rotatable bonds is 7. The lowest BCUT2D eigenvalue weighted by Crippen LogP contribution is -2.28. The normalized spacial score (nSPS) is 10.4. The average Bonchev–Trinajstić information content (AvgIpc) is 2.36. The van der Waals surface area contributed by atoms with Crippen molar-refractivity contribution in [3.8, 4) is 0 Å². The molecule has 0 aromatic heterocycles. The van der Waals surface area contributed by atoms with Crippen LogP contribution in [-0.2, 0) is 4.79 Å². The highest BCUT2D eigenvalue weighted by Crippen LogP contribution is 2.21. The summed E-state index contributed by atoms with van der Waals surface area (Å²) in [6, 6.07) is 5.64. The molecular weight excluding hydrogens is 338 g/mol. The van der Waals surface area contributed by atoms with Gasteiger partial charge in [-0.1, -0.05) is 42.0 Å². The molecule has 4 nitrogen and oxygen atoms in total. The van der Waals surface area contributed by atoms with E-state index >= 15 is 0 Å². The first-order valence-electron chi connectivity index (χ1n) is 6.50. The molecule has 0 spiro atoms. The first-order valence-corrected chi connectivity index (χ1v) is 7.70. The molecule has 1 aromatic carbocycles. The van der Waals surface area contributed by atoms with Gasteiger partial charge in [0, 0.05) is 35.2 Å². The molecule has 0 atom stereocenters. The van der Waals surface area contributed by atoms with Crippen molar-refractivity contribution in [1.29, 1.82) is 0 Å². The van der Waals surface area contributed by atoms with Crippen LogP contribution in [0.1, 0.15) is 25.8 Å². The van der Waals surface area contributed by atoms with E-state index in [9.17, 15) is 4.79 Å². The Morgan fingerprint density at radius 2 is 2.15 bits per heavy atom. The summed E-state index contributed by atoms with van der Waals surface area (Å²) in [6.45, 7) is 5.37. The standard InChI is InChI=1S/C14H20BrN3OS/c1-9(2)8-18-13(19)5-6-17-12-7-10(15)3-4-11(12)14(16)20/h3-4,7,9,17H,5-6,8H2,1-2H3,(H2,16,20)(H,18,19). The summed E-state index contributed by atoms with van der Waals surface area (Å²) in [5.74, 6) is 0.497. The van der Waals surface area contributed by atoms with Gasteiger partial charge in [-0.3, -0.25) is 4.79 Å². The first kappa shape index (κ1) is 16.9. The maximum atomic E-state index is 11.6. The summed E-state index contributed by atoms with van der Waals surface area (Å²) in [7, 11) is 0. The van der Waals surface area contributed by atoms with Gasteiger partial charge in [-0.05, 0) is 24.1 Å². The molecule has 20 heavy (non-hydrogen) atoms. The molecule has 1 rings (SSSR count). The van der Waals surface area contributed by atoms with Crippen LogP contribution >= 0.6 is 28.1 Å². The van der Waals surface area contributed by atoms with E-state index < -0.39 is 0 Å². The largest absolute Gasteiger partial charge is 0.389 e. The second-order valence-electron chi connectivity index (χ2n) is 4.93. The van der Waals surface area contributed by atoms with Gasteiger partial charge in [-0.25, -0.2) is 0 Å². The van der Waals surface area contributed by atoms with Gasteiger partial charge in [-0.15, -0.1) is 0 Å². The van der Waals surface area contributed by atoms with Gasteiger partial charge < -0.3 is 16.4 Å². The van der Waals surface area contributed by atoms with Crippen LogP contribution in [0.25, 0.3) is 0 Å². The van der Waals surface area contributed by atoms with E-state index in [-0.39, 0.29) is 5.91 Å². The lowest BCUT2D eigenvalue weighted by molar-refractivity contribution is -0.120. The quantitative estimate of drug-likeness (QED) is 0.656. The van der Waals surface area contributed by atoms with Crippen LogP contribution < -0.4 is 16.4 Å². The molecule has 0 fully saturated rings. The monoisotopic (exact) mass is 357 g/mol. The number of amides is 1. The Labute approximate surface area is 133 Å². The number of hydrogen-bond acceptors (Lipinski definition) is 3. The van der Waals surface area contributed by atoms with Crippen LogP contribution in [0.15, 0.2) is 22.7 Å². The molecule has 0 saturated carbocycles. The zero-order valence-corrected chi connectivity index (χ0v) is 14.1. The van der Waals surface area contributed by atoms with Gasteiger partial charge in [0.1, 0.15) is 4.99 Å². The summed E-state index contributed by atoms with van der Waals surface area (Å²) in [5.41, 5.74) is 7.29. The van der Waals surface area contributed by atoms with E-state index in [1.807, 2.05) is 18.2 Å². The van der Waals surface area contributed by atoms with Crippen LogP contribution in [0, 0.1) is 5.92 Å². The van der Waals surface area contributed by atoms with E-state index in [1.54, 1.807) is 0 Å². The van der Waals surface area contributed by atoms with Gasteiger partial charge in [-0.2, -0.15) is 0 Å². The molecule has 0 aliphatic carbocycles. The smallest absolute Gasteiger partial charge is 0.221 e. The van der Waals surface area contributed by atoms with Gasteiger partial charge in [0.05, 0.1) is 0 Å². The molecule has 110 valence electrons. The molecule has 4 N–H and O–H groups in total. The Morgan fingerprint density at radius 3 is 2.75 bits per heavy atom. The second kappa shape index (κ2) is 8.21. The molecule has 1 amide bonds. The Morgan fingerprint density at radius 1 is 1.45 bits per heavy atom. The predicted octanol–water partition coefficient (Wildman–Crippen LogP) is 2.66. The van der Waals surface area contributed by atoms with Gasteiger partial charge >= 0.3 is 0 Å². The fraction of sp³-hybridized carbons (Fsp3) is 0.429. The number of nitrogens with two attached hydrogens (primary N) is 1. The van der Waals surface area contributed by atoms with E-state index in [0.717, 1.165) is 15.7 Å². The van der Waals surface area contributed by atoms with E-state index in [1.165, 1.54) is 0 Å². The highest BCUT2D eigenvalue weighted by Gasteiger charge is 2.07. The van der Waals surface area contributed by atoms with Crippen molar-refractivity contribution in [3.05, 3.63) is 28.2 Å². The van der Waals surface area contributed by atoms with Crippen molar-refractivity contribution in [2.45, 2.75) is 20.3 Å². The minimum Gasteiger partial charge on any atom is -0.389 e. The molecule has 1 aromatic rings. The Bertz CT molecular complexity index is 491. The minimum absolute atomic E-state index is 0.0399. The minimum atomic E-state index is 0.0399. The molecule has 0 saturated heterocycles. The lowest BCUT2D eigenvalue weighted by atomic mass is 10.1. The maximum Gasteiger partial charge on any atom is 0.221 e. The Balaban J connectivity index is 2.51. The molecule has 0 heterocycles. The van der Waals surface area contributed by atoms with Gasteiger partial charge in [0.15, 0.2) is 0 Å². The third-order valence-electron chi connectivity index (χ3n) is 2.62. The fourth-order valence-corrected chi connectivity index (χ4v) is 2.13. The number of carbonyl (C=O) groups excluding carboxylic acids is 1. The van der Waals surface area contributed by atoms with Crippen molar-refractivity contribution in [3.63, 3.8) is 0 Å². The number of nitrogens with one attached hydrogen (secondary N) is 2. The fourth-order valence-electron chi connectivity index (χ4n) is 1.59. The van der Waals surface area contributed by atoms with Crippen molar-refractivity contribution in [2.75, 3.05) is 18.4 Å². The number of benzene rings is 1. The van der Waals surface area contributed by atoms with E-state index in [0.29, 0.717) is 30.4 Å². The SMILES string of the molecule is CC(C)CNC(=O)CCNc1cc(Br)ccc1C(N)=S. The van der Waals surface area contributed by atoms with Crippen molar-refractivity contribution in [1.82, 2.24) is 5.32 Å². The van der Waals surface area contributed by atoms with Gasteiger partial charge in [0.2, 0.25) is 5.91 Å². The van der Waals surface area contributed by atoms with Crippen LogP contribution in [0.2, 0.25) is 0 Å². The van der Waals surface area contributed by atoms with E-state index in [2.05, 4.69) is 40.4 Å². The highest BCUT2D eigenvalue weighted by atomic mass is 79.9. The maximum absolute atomic E-state index is 11.6. The predicted molar refractivity (Wildman–Crippen MR) is 91.0 cm³/mol. The Kier molecular flexibility index (Phi) is 6.95. The second-order valence-corrected chi connectivity index (χ2v) is 6.28. The molecule has 0 aliphatic rings. The number of thiocarbonyl (C=S) groups is 1. The molecule has 0 aliphatic heterocycles. The molecule has 0 radical (unpaired) electrons. The van der Waals surface area contributed by atoms with Crippen LogP contribution in [0.3, 0.4) is 0 Å². The van der Waals surface area contributed by atoms with Crippen LogP contribution in [0.4, 0.5) is 5.69 Å². The number of carbonyl (C=O) groups is 1. The van der Waals surface area contributed by atoms with Crippen LogP contribution in [-0.4, -0.2) is 24.0 Å². The summed E-state index contributed by atoms with van der Waals surface area (Å²) in [6.07, 6.45) is 0.413. The number of hydrogen-bond donors (Lipinski definition) is 3. The zero-order valence-electron chi connectivity index (χ0n) is 11.7. The van der Waals surface area contributed by atoms with Crippen molar-refractivity contribution < 1.29 is 4.79 Å². The van der Waals surface area contributed by atoms with Crippen molar-refractivity contribution >= 4 is 44.7 Å². The highest BCUT2D eigenvalue weighted by molar-refractivity contribution is 9.10. The van der Waals surface area contributed by atoms with E-state index in [4.69, 9.17) is 18.0 Å². The number of anilines is 1. The molecule has 6 heteroatoms. The summed E-state index contributed by atoms with van der Waals surface area (Å²) in [5, 5.41) is 6.07. The average molecular weight is 358 g/mol. The third-order valence-corrected chi connectivity index (χ3v) is 3.34. The van der Waals surface area contributed by atoms with Crippen LogP contribution in [0.5, 0.6) is 0 Å². The Hall–Kier alpha value is -1.14. The molecular formula is C14H20BrN3OS. The number of halogens is 1. The summed E-state index contributed by atoms with van der Waals surface area (Å²) < 4.78 is 0.934. The first-order chi connectivity index (χ1) is 9.40. The molecule has 0 unspecified atom stereocenters. The van der Waals surface area contributed by atoms with Gasteiger partial charge in [0.25, 0.3) is 0 Å². The topological polar surface area (TPSA) is 67.2 Å². The summed E-state index contributed by atoms with van der Waals surface area (Å²) in [4.78, 5) is 11.9. The van der Waals surface area contributed by atoms with Crippen molar-refractivity contribution in [2.24, 2.45) is 11.7 Å². The summed E-state index contributed by atoms with van der Waals surface area (Å²) >= 11 is 8.41. The molecule has 0 bridgehead atoms. The lowest BCUT2D eigenvalue weighted by Gasteiger charge is -2.12. The third kappa shape index (κ3) is 5.88.